The number of benzene rings is 5. The Bertz CT molecular complexity index is 2910. The lowest BCUT2D eigenvalue weighted by Crippen LogP contribution is -2.33. The van der Waals surface area contributed by atoms with Gasteiger partial charge in [-0.3, -0.25) is 28.8 Å². The fourth-order valence-corrected chi connectivity index (χ4v) is 7.15. The van der Waals surface area contributed by atoms with E-state index in [-0.39, 0.29) is 55.3 Å². The van der Waals surface area contributed by atoms with Crippen LogP contribution in [0.5, 0.6) is 0 Å². The van der Waals surface area contributed by atoms with Crippen molar-refractivity contribution in [2.24, 2.45) is 20.5 Å². The number of rotatable bonds is 14. The van der Waals surface area contributed by atoms with Gasteiger partial charge in [-0.2, -0.15) is 46.8 Å². The van der Waals surface area contributed by atoms with Crippen LogP contribution in [0.4, 0.5) is 60.5 Å². The minimum atomic E-state index is -4.79. The standard InChI is InChI=1S/C44H32Cl4F6N8O6/c1-19-11-27(55-41(67)37(21(3)63)61-59-28-15-23(13-25(45)17-28)39(65)56-32-9-5-7-30(34(32)47)43(49,50)51)12-20(2)36(19)58-42(68)38(22(4)64)62-60-29-16-24(14-26(46)18-29)40(66)57-33-10-6-8-31(35(33)48)44(52,53)54/h5-18,37-38H,1-4H3,(H,55,67)(H,56,65)(H,57,66)(H,58,68). The largest absolute Gasteiger partial charge is 0.417 e. The fourth-order valence-electron chi connectivity index (χ4n) is 6.13. The molecule has 0 radical (unpaired) electrons. The Morgan fingerprint density at radius 2 is 0.912 bits per heavy atom. The van der Waals surface area contributed by atoms with E-state index in [1.807, 2.05) is 0 Å². The first-order chi connectivity index (χ1) is 31.7. The number of hydrogen-bond acceptors (Lipinski definition) is 10. The summed E-state index contributed by atoms with van der Waals surface area (Å²) in [7, 11) is 0. The molecule has 14 nitrogen and oxygen atoms in total. The molecule has 0 saturated carbocycles. The Hall–Kier alpha value is -6.74. The van der Waals surface area contributed by atoms with E-state index in [1.54, 1.807) is 13.8 Å². The Morgan fingerprint density at radius 3 is 1.28 bits per heavy atom. The molecule has 2 unspecified atom stereocenters. The highest BCUT2D eigenvalue weighted by Crippen LogP contribution is 2.40. The van der Waals surface area contributed by atoms with Gasteiger partial charge >= 0.3 is 12.4 Å². The smallest absolute Gasteiger partial charge is 0.324 e. The van der Waals surface area contributed by atoms with Gasteiger partial charge < -0.3 is 21.3 Å². The van der Waals surface area contributed by atoms with Gasteiger partial charge in [0.25, 0.3) is 23.6 Å². The van der Waals surface area contributed by atoms with Crippen LogP contribution in [0.1, 0.15) is 56.8 Å². The minimum Gasteiger partial charge on any atom is -0.324 e. The van der Waals surface area contributed by atoms with E-state index in [0.717, 1.165) is 62.4 Å². The number of carbonyl (C=O) groups excluding carboxylic acids is 6. The number of nitrogens with one attached hydrogen (secondary N) is 4. The summed E-state index contributed by atoms with van der Waals surface area (Å²) in [5, 5.41) is 23.6. The molecule has 0 heterocycles. The highest BCUT2D eigenvalue weighted by atomic mass is 35.5. The summed E-state index contributed by atoms with van der Waals surface area (Å²) in [5.41, 5.74) is -2.46. The van der Waals surface area contributed by atoms with Crippen molar-refractivity contribution < 1.29 is 55.1 Å². The number of aryl methyl sites for hydroxylation is 2. The zero-order chi connectivity index (χ0) is 50.4. The van der Waals surface area contributed by atoms with Crippen LogP contribution in [0.2, 0.25) is 20.1 Å². The van der Waals surface area contributed by atoms with Crippen molar-refractivity contribution in [3.8, 4) is 0 Å². The summed E-state index contributed by atoms with van der Waals surface area (Å²) >= 11 is 24.1. The molecule has 0 saturated heterocycles. The summed E-state index contributed by atoms with van der Waals surface area (Å²) in [6.07, 6.45) is -9.58. The first kappa shape index (κ1) is 52.2. The monoisotopic (exact) mass is 1020 g/mol. The lowest BCUT2D eigenvalue weighted by Gasteiger charge is -2.17. The second-order valence-electron chi connectivity index (χ2n) is 14.6. The van der Waals surface area contributed by atoms with Gasteiger partial charge in [-0.1, -0.05) is 58.5 Å². The summed E-state index contributed by atoms with van der Waals surface area (Å²) < 4.78 is 80.0. The van der Waals surface area contributed by atoms with Gasteiger partial charge in [-0.05, 0) is 112 Å². The number of carbonyl (C=O) groups is 6. The molecular formula is C44H32Cl4F6N8O6. The van der Waals surface area contributed by atoms with Crippen LogP contribution in [0.25, 0.3) is 0 Å². The van der Waals surface area contributed by atoms with E-state index in [9.17, 15) is 55.1 Å². The molecule has 2 atom stereocenters. The number of anilines is 4. The van der Waals surface area contributed by atoms with E-state index in [2.05, 4.69) is 41.7 Å². The molecule has 0 spiro atoms. The maximum Gasteiger partial charge on any atom is 0.417 e. The quantitative estimate of drug-likeness (QED) is 0.0484. The van der Waals surface area contributed by atoms with Gasteiger partial charge in [0.2, 0.25) is 12.1 Å². The maximum absolute atomic E-state index is 13.4. The molecular weight excluding hydrogens is 992 g/mol. The molecule has 354 valence electrons. The number of ketones is 2. The van der Waals surface area contributed by atoms with Crippen LogP contribution in [-0.4, -0.2) is 47.3 Å². The molecule has 0 aliphatic carbocycles. The Balaban J connectivity index is 1.27. The second-order valence-corrected chi connectivity index (χ2v) is 16.2. The predicted octanol–water partition coefficient (Wildman–Crippen LogP) is 12.8. The number of amides is 4. The normalized spacial score (nSPS) is 12.7. The van der Waals surface area contributed by atoms with Crippen molar-refractivity contribution >= 4 is 116 Å². The summed E-state index contributed by atoms with van der Waals surface area (Å²) in [6.45, 7) is 5.26. The van der Waals surface area contributed by atoms with Crippen molar-refractivity contribution in [1.82, 2.24) is 0 Å². The maximum atomic E-state index is 13.4. The first-order valence-electron chi connectivity index (χ1n) is 19.2. The zero-order valence-corrected chi connectivity index (χ0v) is 38.3. The van der Waals surface area contributed by atoms with Gasteiger partial charge in [0.1, 0.15) is 0 Å². The summed E-state index contributed by atoms with van der Waals surface area (Å²) in [6, 6.07) is 12.5. The van der Waals surface area contributed by atoms with Crippen molar-refractivity contribution in [3.05, 3.63) is 138 Å². The molecule has 5 rings (SSSR count). The molecule has 68 heavy (non-hydrogen) atoms. The average molecular weight is 1020 g/mol. The van der Waals surface area contributed by atoms with E-state index >= 15 is 0 Å². The van der Waals surface area contributed by atoms with E-state index in [0.29, 0.717) is 11.1 Å². The van der Waals surface area contributed by atoms with Crippen LogP contribution in [0, 0.1) is 13.8 Å². The molecule has 0 aromatic heterocycles. The van der Waals surface area contributed by atoms with Crippen LogP contribution in [0.15, 0.2) is 105 Å². The molecule has 5 aromatic rings. The van der Waals surface area contributed by atoms with Gasteiger partial charge in [-0.15, -0.1) is 0 Å². The second kappa shape index (κ2) is 21.5. The van der Waals surface area contributed by atoms with Gasteiger partial charge in [0.05, 0.1) is 43.9 Å². The first-order valence-corrected chi connectivity index (χ1v) is 20.8. The zero-order valence-electron chi connectivity index (χ0n) is 35.3. The third-order valence-electron chi connectivity index (χ3n) is 9.29. The molecule has 4 amide bonds. The van der Waals surface area contributed by atoms with Gasteiger partial charge in [0.15, 0.2) is 11.6 Å². The van der Waals surface area contributed by atoms with Crippen LogP contribution in [-0.2, 0) is 31.5 Å². The molecule has 0 aliphatic heterocycles. The summed E-state index contributed by atoms with van der Waals surface area (Å²) in [4.78, 5) is 78.0. The predicted molar refractivity (Wildman–Crippen MR) is 243 cm³/mol. The SMILES string of the molecule is CC(=O)C(N=Nc1cc(Cl)cc(C(=O)Nc2cccc(C(F)(F)F)c2Cl)c1)C(=O)Nc1cc(C)c(NC(=O)C(N=Nc2cc(Cl)cc(C(=O)Nc3cccc(C(F)(F)F)c3Cl)c2)C(C)=O)c(C)c1. The number of Topliss-reactive ketones (excluding diaryl/α,β-unsaturated/α-hetero) is 2. The Morgan fingerprint density at radius 1 is 0.529 bits per heavy atom. The van der Waals surface area contributed by atoms with Gasteiger partial charge in [-0.25, -0.2) is 0 Å². The lowest BCUT2D eigenvalue weighted by atomic mass is 10.1. The van der Waals surface area contributed by atoms with E-state index < -0.39 is 80.8 Å². The Kier molecular flexibility index (Phi) is 16.5. The highest BCUT2D eigenvalue weighted by Gasteiger charge is 2.35. The van der Waals surface area contributed by atoms with Crippen molar-refractivity contribution in [1.29, 1.82) is 0 Å². The number of alkyl halides is 6. The Labute approximate surface area is 401 Å². The van der Waals surface area contributed by atoms with Crippen molar-refractivity contribution in [2.45, 2.75) is 52.1 Å². The molecule has 4 N–H and O–H groups in total. The number of nitrogens with zero attached hydrogens (tertiary/aromatic N) is 4. The third-order valence-corrected chi connectivity index (χ3v) is 10.5. The van der Waals surface area contributed by atoms with Gasteiger partial charge in [0, 0.05) is 32.5 Å². The molecule has 0 bridgehead atoms. The molecule has 0 fully saturated rings. The van der Waals surface area contributed by atoms with Crippen LogP contribution < -0.4 is 21.3 Å². The fraction of sp³-hybridized carbons (Fsp3) is 0.182. The minimum absolute atomic E-state index is 0.0495. The van der Waals surface area contributed by atoms with Crippen molar-refractivity contribution in [2.75, 3.05) is 21.3 Å². The average Bonchev–Trinajstić information content (AvgIpc) is 3.22. The highest BCUT2D eigenvalue weighted by molar-refractivity contribution is 6.35. The lowest BCUT2D eigenvalue weighted by molar-refractivity contribution is -0.138. The van der Waals surface area contributed by atoms with Crippen molar-refractivity contribution in [3.63, 3.8) is 0 Å². The number of halogens is 10. The number of azo groups is 2. The summed E-state index contributed by atoms with van der Waals surface area (Å²) in [5.74, 6) is -5.18. The molecule has 24 heteroatoms. The molecule has 0 aliphatic rings. The number of hydrogen-bond donors (Lipinski definition) is 4. The van der Waals surface area contributed by atoms with E-state index in [1.165, 1.54) is 36.4 Å². The van der Waals surface area contributed by atoms with Crippen LogP contribution in [0.3, 0.4) is 0 Å². The topological polar surface area (TPSA) is 200 Å². The third kappa shape index (κ3) is 13.2. The van der Waals surface area contributed by atoms with Crippen LogP contribution >= 0.6 is 46.4 Å². The van der Waals surface area contributed by atoms with E-state index in [4.69, 9.17) is 46.4 Å². The molecule has 5 aromatic carbocycles.